The monoisotopic (exact) mass is 196 g/mol. The molecule has 1 aromatic rings. The summed E-state index contributed by atoms with van der Waals surface area (Å²) in [4.78, 5) is 12.7. The lowest BCUT2D eigenvalue weighted by atomic mass is 10.0. The van der Waals surface area contributed by atoms with Gasteiger partial charge in [-0.15, -0.1) is 11.3 Å². The van der Waals surface area contributed by atoms with Gasteiger partial charge in [-0.1, -0.05) is 19.9 Å². The van der Waals surface area contributed by atoms with Gasteiger partial charge in [0, 0.05) is 17.2 Å². The second-order valence-electron chi connectivity index (χ2n) is 3.55. The Morgan fingerprint density at radius 1 is 1.54 bits per heavy atom. The second kappa shape index (κ2) is 5.18. The molecule has 1 rings (SSSR count). The van der Waals surface area contributed by atoms with E-state index >= 15 is 0 Å². The standard InChI is InChI=1S/C11H16OS/c1-9(2)11(12)7-3-5-10-6-4-8-13-10/h4,6,8-9H,3,5,7H2,1-2H3. The lowest BCUT2D eigenvalue weighted by molar-refractivity contribution is -0.121. The number of carbonyl (C=O) groups excluding carboxylic acids is 1. The van der Waals surface area contributed by atoms with Crippen molar-refractivity contribution in [2.75, 3.05) is 0 Å². The molecule has 2 heteroatoms. The maximum atomic E-state index is 11.3. The first kappa shape index (κ1) is 10.5. The fraction of sp³-hybridized carbons (Fsp3) is 0.545. The average Bonchev–Trinajstić information content (AvgIpc) is 2.56. The summed E-state index contributed by atoms with van der Waals surface area (Å²) in [6, 6.07) is 4.19. The zero-order valence-corrected chi connectivity index (χ0v) is 9.06. The van der Waals surface area contributed by atoms with Crippen molar-refractivity contribution in [2.45, 2.75) is 33.1 Å². The summed E-state index contributed by atoms with van der Waals surface area (Å²) in [5.74, 6) is 0.583. The van der Waals surface area contributed by atoms with Crippen molar-refractivity contribution >= 4 is 17.1 Å². The fourth-order valence-corrected chi connectivity index (χ4v) is 1.93. The zero-order valence-electron chi connectivity index (χ0n) is 8.25. The number of hydrogen-bond acceptors (Lipinski definition) is 2. The molecule has 0 spiro atoms. The van der Waals surface area contributed by atoms with Crippen LogP contribution in [0.2, 0.25) is 0 Å². The van der Waals surface area contributed by atoms with E-state index in [1.165, 1.54) is 4.88 Å². The highest BCUT2D eigenvalue weighted by molar-refractivity contribution is 7.09. The Bertz CT molecular complexity index is 249. The molecule has 1 nitrogen and oxygen atoms in total. The predicted octanol–water partition coefficient (Wildman–Crippen LogP) is 3.30. The Morgan fingerprint density at radius 3 is 2.85 bits per heavy atom. The van der Waals surface area contributed by atoms with Crippen LogP contribution in [0.3, 0.4) is 0 Å². The number of aryl methyl sites for hydroxylation is 1. The van der Waals surface area contributed by atoms with E-state index in [4.69, 9.17) is 0 Å². The summed E-state index contributed by atoms with van der Waals surface area (Å²) >= 11 is 1.77. The Kier molecular flexibility index (Phi) is 4.16. The van der Waals surface area contributed by atoms with Crippen molar-refractivity contribution in [3.63, 3.8) is 0 Å². The molecule has 0 fully saturated rings. The molecule has 0 aliphatic carbocycles. The van der Waals surface area contributed by atoms with E-state index in [1.807, 2.05) is 13.8 Å². The molecule has 1 aromatic heterocycles. The number of thiophene rings is 1. The first-order valence-corrected chi connectivity index (χ1v) is 5.63. The minimum Gasteiger partial charge on any atom is -0.299 e. The van der Waals surface area contributed by atoms with Gasteiger partial charge in [0.2, 0.25) is 0 Å². The van der Waals surface area contributed by atoms with Gasteiger partial charge in [-0.3, -0.25) is 4.79 Å². The number of Topliss-reactive ketones (excluding diaryl/α,β-unsaturated/α-hetero) is 1. The molecular weight excluding hydrogens is 180 g/mol. The van der Waals surface area contributed by atoms with E-state index in [0.717, 1.165) is 19.3 Å². The van der Waals surface area contributed by atoms with E-state index in [2.05, 4.69) is 17.5 Å². The molecule has 0 saturated carbocycles. The van der Waals surface area contributed by atoms with Crippen LogP contribution in [0.5, 0.6) is 0 Å². The highest BCUT2D eigenvalue weighted by Gasteiger charge is 2.06. The van der Waals surface area contributed by atoms with Crippen LogP contribution < -0.4 is 0 Å². The van der Waals surface area contributed by atoms with Crippen LogP contribution in [0.1, 0.15) is 31.6 Å². The molecule has 0 unspecified atom stereocenters. The summed E-state index contributed by atoms with van der Waals surface area (Å²) in [5.41, 5.74) is 0. The Balaban J connectivity index is 2.18. The second-order valence-corrected chi connectivity index (χ2v) is 4.59. The van der Waals surface area contributed by atoms with E-state index in [-0.39, 0.29) is 5.92 Å². The molecule has 0 aromatic carbocycles. The zero-order chi connectivity index (χ0) is 9.68. The predicted molar refractivity (Wildman–Crippen MR) is 57.1 cm³/mol. The van der Waals surface area contributed by atoms with Crippen LogP contribution in [0.25, 0.3) is 0 Å². The lowest BCUT2D eigenvalue weighted by Crippen LogP contribution is -2.06. The summed E-state index contributed by atoms with van der Waals surface area (Å²) < 4.78 is 0. The lowest BCUT2D eigenvalue weighted by Gasteiger charge is -2.02. The maximum absolute atomic E-state index is 11.3. The third-order valence-electron chi connectivity index (χ3n) is 2.07. The van der Waals surface area contributed by atoms with Crippen molar-refractivity contribution in [3.05, 3.63) is 22.4 Å². The summed E-state index contributed by atoms with van der Waals surface area (Å²) in [5, 5.41) is 2.08. The van der Waals surface area contributed by atoms with E-state index in [0.29, 0.717) is 5.78 Å². The molecule has 0 amide bonds. The van der Waals surface area contributed by atoms with Gasteiger partial charge in [-0.2, -0.15) is 0 Å². The number of rotatable bonds is 5. The number of carbonyl (C=O) groups is 1. The van der Waals surface area contributed by atoms with Crippen LogP contribution in [0.15, 0.2) is 17.5 Å². The third kappa shape index (κ3) is 3.73. The van der Waals surface area contributed by atoms with Crippen LogP contribution >= 0.6 is 11.3 Å². The molecule has 0 radical (unpaired) electrons. The molecule has 0 aliphatic heterocycles. The van der Waals surface area contributed by atoms with Gasteiger partial charge in [0.1, 0.15) is 5.78 Å². The van der Waals surface area contributed by atoms with E-state index < -0.39 is 0 Å². The molecule has 0 atom stereocenters. The minimum atomic E-state index is 0.198. The SMILES string of the molecule is CC(C)C(=O)CCCc1cccs1. The van der Waals surface area contributed by atoms with Crippen LogP contribution in [0, 0.1) is 5.92 Å². The Hall–Kier alpha value is -0.630. The minimum absolute atomic E-state index is 0.198. The molecule has 0 saturated heterocycles. The Morgan fingerprint density at radius 2 is 2.31 bits per heavy atom. The normalized spacial score (nSPS) is 10.7. The van der Waals surface area contributed by atoms with Gasteiger partial charge in [-0.25, -0.2) is 0 Å². The van der Waals surface area contributed by atoms with Crippen molar-refractivity contribution in [1.82, 2.24) is 0 Å². The van der Waals surface area contributed by atoms with E-state index in [1.54, 1.807) is 11.3 Å². The third-order valence-corrected chi connectivity index (χ3v) is 3.01. The van der Waals surface area contributed by atoms with Crippen LogP contribution in [0.4, 0.5) is 0 Å². The molecular formula is C11H16OS. The topological polar surface area (TPSA) is 17.1 Å². The van der Waals surface area contributed by atoms with Gasteiger partial charge in [0.15, 0.2) is 0 Å². The molecule has 1 heterocycles. The number of ketones is 1. The van der Waals surface area contributed by atoms with Crippen LogP contribution in [-0.4, -0.2) is 5.78 Å². The van der Waals surface area contributed by atoms with Gasteiger partial charge in [0.05, 0.1) is 0 Å². The Labute approximate surface area is 83.8 Å². The van der Waals surface area contributed by atoms with Gasteiger partial charge in [-0.05, 0) is 24.3 Å². The van der Waals surface area contributed by atoms with Crippen molar-refractivity contribution in [1.29, 1.82) is 0 Å². The summed E-state index contributed by atoms with van der Waals surface area (Å²) in [6.45, 7) is 3.93. The smallest absolute Gasteiger partial charge is 0.135 e. The molecule has 13 heavy (non-hydrogen) atoms. The highest BCUT2D eigenvalue weighted by atomic mass is 32.1. The average molecular weight is 196 g/mol. The van der Waals surface area contributed by atoms with Crippen LogP contribution in [-0.2, 0) is 11.2 Å². The molecule has 0 N–H and O–H groups in total. The van der Waals surface area contributed by atoms with Crippen molar-refractivity contribution in [2.24, 2.45) is 5.92 Å². The van der Waals surface area contributed by atoms with Gasteiger partial charge in [0.25, 0.3) is 0 Å². The summed E-state index contributed by atoms with van der Waals surface area (Å²) in [7, 11) is 0. The molecule has 72 valence electrons. The largest absolute Gasteiger partial charge is 0.299 e. The maximum Gasteiger partial charge on any atom is 0.135 e. The first-order valence-electron chi connectivity index (χ1n) is 4.75. The summed E-state index contributed by atoms with van der Waals surface area (Å²) in [6.07, 6.45) is 2.78. The van der Waals surface area contributed by atoms with E-state index in [9.17, 15) is 4.79 Å². The fourth-order valence-electron chi connectivity index (χ4n) is 1.18. The molecule has 0 bridgehead atoms. The number of hydrogen-bond donors (Lipinski definition) is 0. The first-order chi connectivity index (χ1) is 6.20. The van der Waals surface area contributed by atoms with Gasteiger partial charge >= 0.3 is 0 Å². The van der Waals surface area contributed by atoms with Crippen molar-refractivity contribution in [3.8, 4) is 0 Å². The molecule has 0 aliphatic rings. The van der Waals surface area contributed by atoms with Gasteiger partial charge < -0.3 is 0 Å². The van der Waals surface area contributed by atoms with Crippen molar-refractivity contribution < 1.29 is 4.79 Å². The highest BCUT2D eigenvalue weighted by Crippen LogP contribution is 2.13. The quantitative estimate of drug-likeness (QED) is 0.706.